The van der Waals surface area contributed by atoms with Gasteiger partial charge in [-0.3, -0.25) is 4.79 Å². The van der Waals surface area contributed by atoms with E-state index in [-0.39, 0.29) is 5.91 Å². The summed E-state index contributed by atoms with van der Waals surface area (Å²) in [6, 6.07) is 0. The molecule has 0 aromatic rings. The van der Waals surface area contributed by atoms with Crippen molar-refractivity contribution in [2.45, 2.75) is 46.0 Å². The first kappa shape index (κ1) is 14.2. The average Bonchev–Trinajstić information content (AvgIpc) is 2.22. The van der Waals surface area contributed by atoms with Gasteiger partial charge in [0.25, 0.3) is 0 Å². The maximum absolute atomic E-state index is 11.5. The van der Waals surface area contributed by atoms with Gasteiger partial charge < -0.3 is 4.90 Å². The van der Waals surface area contributed by atoms with Crippen LogP contribution in [-0.4, -0.2) is 24.9 Å². The predicted octanol–water partition coefficient (Wildman–Crippen LogP) is 3.24. The smallest absolute Gasteiger partial charge is 0.222 e. The number of rotatable bonds is 7. The minimum atomic E-state index is 0.251. The van der Waals surface area contributed by atoms with Crippen molar-refractivity contribution in [1.29, 1.82) is 0 Å². The van der Waals surface area contributed by atoms with Crippen LogP contribution in [0.2, 0.25) is 0 Å². The Labute approximate surface area is 94.4 Å². The van der Waals surface area contributed by atoms with Gasteiger partial charge in [-0.1, -0.05) is 32.4 Å². The van der Waals surface area contributed by atoms with Gasteiger partial charge in [0.05, 0.1) is 0 Å². The summed E-state index contributed by atoms with van der Waals surface area (Å²) >= 11 is 0. The van der Waals surface area contributed by atoms with E-state index in [9.17, 15) is 4.79 Å². The van der Waals surface area contributed by atoms with E-state index in [4.69, 9.17) is 0 Å². The highest BCUT2D eigenvalue weighted by Crippen LogP contribution is 2.16. The second kappa shape index (κ2) is 8.51. The topological polar surface area (TPSA) is 20.3 Å². The molecule has 2 heteroatoms. The Hall–Kier alpha value is -0.790. The maximum atomic E-state index is 11.5. The third-order valence-corrected chi connectivity index (χ3v) is 2.68. The number of nitrogens with zero attached hydrogens (tertiary/aromatic N) is 1. The Bertz CT molecular complexity index is 197. The number of allylic oxidation sites excluding steroid dienone is 2. The molecule has 0 saturated heterocycles. The second-order valence-electron chi connectivity index (χ2n) is 4.22. The predicted molar refractivity (Wildman–Crippen MR) is 65.8 cm³/mol. The van der Waals surface area contributed by atoms with Gasteiger partial charge >= 0.3 is 0 Å². The number of carbonyl (C=O) groups excluding carboxylic acids is 1. The Morgan fingerprint density at radius 1 is 1.27 bits per heavy atom. The van der Waals surface area contributed by atoms with Crippen molar-refractivity contribution in [3.63, 3.8) is 0 Å². The number of hydrogen-bond acceptors (Lipinski definition) is 1. The normalized spacial score (nSPS) is 13.1. The van der Waals surface area contributed by atoms with E-state index in [1.54, 1.807) is 4.90 Å². The van der Waals surface area contributed by atoms with Crippen LogP contribution in [0.5, 0.6) is 0 Å². The summed E-state index contributed by atoms with van der Waals surface area (Å²) in [5.41, 5.74) is 0. The van der Waals surface area contributed by atoms with Gasteiger partial charge in [0.2, 0.25) is 5.91 Å². The lowest BCUT2D eigenvalue weighted by Crippen LogP contribution is -2.24. The van der Waals surface area contributed by atoms with Crippen molar-refractivity contribution < 1.29 is 4.79 Å². The monoisotopic (exact) mass is 211 g/mol. The van der Waals surface area contributed by atoms with E-state index in [1.165, 1.54) is 0 Å². The van der Waals surface area contributed by atoms with Gasteiger partial charge in [0, 0.05) is 20.5 Å². The van der Waals surface area contributed by atoms with Crippen LogP contribution in [0.3, 0.4) is 0 Å². The van der Waals surface area contributed by atoms with Crippen molar-refractivity contribution in [3.05, 3.63) is 12.2 Å². The van der Waals surface area contributed by atoms with E-state index in [2.05, 4.69) is 26.0 Å². The fourth-order valence-corrected chi connectivity index (χ4v) is 1.50. The summed E-state index contributed by atoms with van der Waals surface area (Å²) in [5, 5.41) is 0. The van der Waals surface area contributed by atoms with Gasteiger partial charge in [-0.05, 0) is 25.2 Å². The molecule has 0 radical (unpaired) electrons. The largest absolute Gasteiger partial charge is 0.349 e. The molecule has 0 N–H and O–H groups in total. The van der Waals surface area contributed by atoms with Crippen molar-refractivity contribution in [2.24, 2.45) is 5.92 Å². The van der Waals surface area contributed by atoms with Crippen LogP contribution in [0.1, 0.15) is 46.0 Å². The Morgan fingerprint density at radius 3 is 2.40 bits per heavy atom. The molecular weight excluding hydrogens is 186 g/mol. The zero-order valence-electron chi connectivity index (χ0n) is 10.6. The Balaban J connectivity index is 3.82. The first-order valence-corrected chi connectivity index (χ1v) is 5.96. The number of carbonyl (C=O) groups is 1. The summed E-state index contributed by atoms with van der Waals surface area (Å²) in [4.78, 5) is 13.2. The number of hydrogen-bond donors (Lipinski definition) is 0. The van der Waals surface area contributed by atoms with Gasteiger partial charge in [0.15, 0.2) is 0 Å². The zero-order chi connectivity index (χ0) is 11.7. The summed E-state index contributed by atoms with van der Waals surface area (Å²) in [7, 11) is 3.65. The zero-order valence-corrected chi connectivity index (χ0v) is 10.6. The Kier molecular flexibility index (Phi) is 8.06. The van der Waals surface area contributed by atoms with Crippen LogP contribution < -0.4 is 0 Å². The molecule has 1 atom stereocenters. The van der Waals surface area contributed by atoms with Crippen molar-refractivity contribution in [2.75, 3.05) is 14.1 Å². The van der Waals surface area contributed by atoms with Gasteiger partial charge in [0.1, 0.15) is 0 Å². The first-order chi connectivity index (χ1) is 7.11. The highest BCUT2D eigenvalue weighted by Gasteiger charge is 2.12. The molecule has 0 aliphatic rings. The minimum absolute atomic E-state index is 0.251. The molecule has 1 unspecified atom stereocenters. The third-order valence-electron chi connectivity index (χ3n) is 2.68. The molecule has 0 aromatic carbocycles. The van der Waals surface area contributed by atoms with Crippen molar-refractivity contribution in [3.8, 4) is 0 Å². The molecule has 0 spiro atoms. The van der Waals surface area contributed by atoms with Crippen LogP contribution in [0.25, 0.3) is 0 Å². The fourth-order valence-electron chi connectivity index (χ4n) is 1.50. The molecule has 1 amide bonds. The molecule has 2 nitrogen and oxygen atoms in total. The number of amides is 1. The molecule has 0 aromatic heterocycles. The van der Waals surface area contributed by atoms with Crippen LogP contribution in [0.4, 0.5) is 0 Å². The third kappa shape index (κ3) is 7.18. The van der Waals surface area contributed by atoms with Crippen LogP contribution in [0.15, 0.2) is 12.2 Å². The summed E-state index contributed by atoms with van der Waals surface area (Å²) in [6.45, 7) is 4.31. The fraction of sp³-hybridized carbons (Fsp3) is 0.769. The second-order valence-corrected chi connectivity index (χ2v) is 4.22. The first-order valence-electron chi connectivity index (χ1n) is 5.96. The lowest BCUT2D eigenvalue weighted by molar-refractivity contribution is -0.129. The molecule has 0 heterocycles. The molecule has 0 rings (SSSR count). The molecular formula is C13H25NO. The molecule has 0 aliphatic carbocycles. The molecule has 0 aliphatic heterocycles. The van der Waals surface area contributed by atoms with E-state index >= 15 is 0 Å². The van der Waals surface area contributed by atoms with Gasteiger partial charge in [-0.2, -0.15) is 0 Å². The molecule has 0 fully saturated rings. The molecule has 15 heavy (non-hydrogen) atoms. The minimum Gasteiger partial charge on any atom is -0.349 e. The lowest BCUT2D eigenvalue weighted by Gasteiger charge is -2.16. The average molecular weight is 211 g/mol. The summed E-state index contributed by atoms with van der Waals surface area (Å²) in [5.74, 6) is 0.794. The highest BCUT2D eigenvalue weighted by molar-refractivity contribution is 5.75. The molecule has 0 saturated carbocycles. The van der Waals surface area contributed by atoms with E-state index in [0.29, 0.717) is 12.3 Å². The van der Waals surface area contributed by atoms with Crippen molar-refractivity contribution in [1.82, 2.24) is 4.90 Å². The standard InChI is InChI=1S/C13H25NO/c1-5-7-8-9-10-12(6-2)11-13(15)14(3)4/h7-8,12H,5-6,9-11H2,1-4H3/b8-7-. The maximum Gasteiger partial charge on any atom is 0.222 e. The highest BCUT2D eigenvalue weighted by atomic mass is 16.2. The van der Waals surface area contributed by atoms with E-state index in [0.717, 1.165) is 25.7 Å². The van der Waals surface area contributed by atoms with E-state index in [1.807, 2.05) is 14.1 Å². The quantitative estimate of drug-likeness (QED) is 0.592. The molecule has 0 bridgehead atoms. The summed E-state index contributed by atoms with van der Waals surface area (Å²) < 4.78 is 0. The molecule has 88 valence electrons. The van der Waals surface area contributed by atoms with Crippen LogP contribution in [0, 0.1) is 5.92 Å². The van der Waals surface area contributed by atoms with Crippen molar-refractivity contribution >= 4 is 5.91 Å². The van der Waals surface area contributed by atoms with Crippen LogP contribution >= 0.6 is 0 Å². The van der Waals surface area contributed by atoms with Crippen LogP contribution in [-0.2, 0) is 4.79 Å². The van der Waals surface area contributed by atoms with E-state index < -0.39 is 0 Å². The van der Waals surface area contributed by atoms with Gasteiger partial charge in [-0.25, -0.2) is 0 Å². The summed E-state index contributed by atoms with van der Waals surface area (Å²) in [6.07, 6.45) is 9.55. The lowest BCUT2D eigenvalue weighted by atomic mass is 9.96. The van der Waals surface area contributed by atoms with Gasteiger partial charge in [-0.15, -0.1) is 0 Å². The SMILES string of the molecule is CC/C=C\CCC(CC)CC(=O)N(C)C. The Morgan fingerprint density at radius 2 is 1.93 bits per heavy atom.